The van der Waals surface area contributed by atoms with E-state index >= 15 is 0 Å². The van der Waals surface area contributed by atoms with E-state index in [2.05, 4.69) is 21.6 Å². The lowest BCUT2D eigenvalue weighted by Gasteiger charge is -2.10. The molecule has 1 amide bonds. The molecule has 0 saturated heterocycles. The molecular weight excluding hydrogens is 424 g/mol. The summed E-state index contributed by atoms with van der Waals surface area (Å²) in [6, 6.07) is 14.8. The summed E-state index contributed by atoms with van der Waals surface area (Å²) in [5.41, 5.74) is 5.16. The average molecular weight is 449 g/mol. The third kappa shape index (κ3) is 5.71. The smallest absolute Gasteiger partial charge is 0.283 e. The summed E-state index contributed by atoms with van der Waals surface area (Å²) in [6.45, 7) is 6.40. The molecule has 0 unspecified atom stereocenters. The van der Waals surface area contributed by atoms with E-state index in [1.807, 2.05) is 44.2 Å². The lowest BCUT2D eigenvalue weighted by molar-refractivity contribution is 0.0958. The summed E-state index contributed by atoms with van der Waals surface area (Å²) in [4.78, 5) is 17.6. The molecule has 7 nitrogen and oxygen atoms in total. The van der Waals surface area contributed by atoms with Gasteiger partial charge in [-0.05, 0) is 60.9 Å². The number of carbonyl (C=O) groups is 1. The molecule has 0 aliphatic rings. The number of methoxy groups -OCH3 is 1. The number of nitrogens with zero attached hydrogens (tertiary/aromatic N) is 3. The Hall–Kier alpha value is -3.70. The van der Waals surface area contributed by atoms with Crippen LogP contribution in [0.25, 0.3) is 10.6 Å². The molecule has 164 valence electrons. The van der Waals surface area contributed by atoms with Gasteiger partial charge >= 0.3 is 0 Å². The summed E-state index contributed by atoms with van der Waals surface area (Å²) in [6.07, 6.45) is 1.56. The fraction of sp³-hybridized carbons (Fsp3) is 0.250. The molecule has 3 rings (SSSR count). The van der Waals surface area contributed by atoms with Gasteiger partial charge in [-0.25, -0.2) is 10.4 Å². The zero-order chi connectivity index (χ0) is 23.1. The van der Waals surface area contributed by atoms with Gasteiger partial charge in [0.15, 0.2) is 0 Å². The molecule has 0 bridgehead atoms. The summed E-state index contributed by atoms with van der Waals surface area (Å²) >= 11 is 1.25. The largest absolute Gasteiger partial charge is 0.497 e. The number of thiazole rings is 1. The van der Waals surface area contributed by atoms with Crippen LogP contribution in [0.3, 0.4) is 0 Å². The first-order valence-electron chi connectivity index (χ1n) is 10.0. The van der Waals surface area contributed by atoms with Gasteiger partial charge in [0.1, 0.15) is 27.5 Å². The van der Waals surface area contributed by atoms with Crippen molar-refractivity contribution in [2.45, 2.75) is 20.8 Å². The van der Waals surface area contributed by atoms with Crippen molar-refractivity contribution in [2.75, 3.05) is 13.7 Å². The summed E-state index contributed by atoms with van der Waals surface area (Å²) in [7, 11) is 1.60. The van der Waals surface area contributed by atoms with Crippen LogP contribution in [-0.2, 0) is 0 Å². The predicted octanol–water partition coefficient (Wildman–Crippen LogP) is 4.80. The SMILES string of the molecule is COc1ccc(/C=N/NC(=O)c2sc(-c3ccc(OCC(C)C)c(C#N)c3)nc2C)cc1. The second-order valence-corrected chi connectivity index (χ2v) is 8.43. The molecule has 0 spiro atoms. The summed E-state index contributed by atoms with van der Waals surface area (Å²) < 4.78 is 10.8. The molecule has 0 fully saturated rings. The van der Waals surface area contributed by atoms with Crippen LogP contribution < -0.4 is 14.9 Å². The second-order valence-electron chi connectivity index (χ2n) is 7.43. The molecule has 2 aromatic carbocycles. The predicted molar refractivity (Wildman–Crippen MR) is 125 cm³/mol. The summed E-state index contributed by atoms with van der Waals surface area (Å²) in [5.74, 6) is 1.31. The number of benzene rings is 2. The van der Waals surface area contributed by atoms with Gasteiger partial charge in [0, 0.05) is 5.56 Å². The zero-order valence-corrected chi connectivity index (χ0v) is 19.2. The van der Waals surface area contributed by atoms with E-state index < -0.39 is 0 Å². The minimum atomic E-state index is -0.339. The van der Waals surface area contributed by atoms with Crippen LogP contribution >= 0.6 is 11.3 Å². The van der Waals surface area contributed by atoms with Crippen molar-refractivity contribution in [1.82, 2.24) is 10.4 Å². The Morgan fingerprint density at radius 2 is 2.03 bits per heavy atom. The van der Waals surface area contributed by atoms with Crippen LogP contribution in [0.2, 0.25) is 0 Å². The highest BCUT2D eigenvalue weighted by molar-refractivity contribution is 7.17. The van der Waals surface area contributed by atoms with E-state index in [0.717, 1.165) is 16.9 Å². The van der Waals surface area contributed by atoms with Gasteiger partial charge in [0.05, 0.1) is 31.2 Å². The maximum Gasteiger partial charge on any atom is 0.283 e. The third-order valence-corrected chi connectivity index (χ3v) is 5.62. The average Bonchev–Trinajstić information content (AvgIpc) is 3.19. The molecule has 1 aromatic heterocycles. The Morgan fingerprint density at radius 3 is 2.69 bits per heavy atom. The molecule has 0 aliphatic heterocycles. The fourth-order valence-corrected chi connectivity index (χ4v) is 3.72. The van der Waals surface area contributed by atoms with Gasteiger partial charge in [0.2, 0.25) is 0 Å². The monoisotopic (exact) mass is 448 g/mol. The maximum absolute atomic E-state index is 12.6. The van der Waals surface area contributed by atoms with Gasteiger partial charge in [0.25, 0.3) is 5.91 Å². The van der Waals surface area contributed by atoms with Crippen molar-refractivity contribution < 1.29 is 14.3 Å². The Kier molecular flexibility index (Phi) is 7.58. The van der Waals surface area contributed by atoms with Gasteiger partial charge in [-0.3, -0.25) is 4.79 Å². The molecule has 0 saturated carbocycles. The van der Waals surface area contributed by atoms with Crippen molar-refractivity contribution in [3.8, 4) is 28.1 Å². The van der Waals surface area contributed by atoms with Crippen LogP contribution in [0.1, 0.15) is 40.3 Å². The first-order chi connectivity index (χ1) is 15.4. The van der Waals surface area contributed by atoms with Crippen LogP contribution in [0.15, 0.2) is 47.6 Å². The van der Waals surface area contributed by atoms with Crippen molar-refractivity contribution in [3.05, 3.63) is 64.2 Å². The molecule has 8 heteroatoms. The zero-order valence-electron chi connectivity index (χ0n) is 18.4. The molecule has 0 atom stereocenters. The van der Waals surface area contributed by atoms with Crippen molar-refractivity contribution in [2.24, 2.45) is 11.0 Å². The van der Waals surface area contributed by atoms with Crippen molar-refractivity contribution in [1.29, 1.82) is 5.26 Å². The lowest BCUT2D eigenvalue weighted by atomic mass is 10.1. The number of aromatic nitrogens is 1. The highest BCUT2D eigenvalue weighted by Gasteiger charge is 2.17. The number of rotatable bonds is 8. The van der Waals surface area contributed by atoms with Gasteiger partial charge in [-0.2, -0.15) is 10.4 Å². The topological polar surface area (TPSA) is 96.6 Å². The van der Waals surface area contributed by atoms with Crippen molar-refractivity contribution >= 4 is 23.5 Å². The quantitative estimate of drug-likeness (QED) is 0.394. The normalized spacial score (nSPS) is 10.9. The van der Waals surface area contributed by atoms with E-state index in [1.54, 1.807) is 32.4 Å². The number of nitriles is 1. The first kappa shape index (κ1) is 23.0. The molecule has 3 aromatic rings. The molecule has 32 heavy (non-hydrogen) atoms. The Bertz CT molecular complexity index is 1160. The van der Waals surface area contributed by atoms with E-state index in [9.17, 15) is 10.1 Å². The second kappa shape index (κ2) is 10.6. The molecule has 1 heterocycles. The fourth-order valence-electron chi connectivity index (χ4n) is 2.77. The van der Waals surface area contributed by atoms with Crippen molar-refractivity contribution in [3.63, 3.8) is 0 Å². The number of carbonyl (C=O) groups excluding carboxylic acids is 1. The highest BCUT2D eigenvalue weighted by atomic mass is 32.1. The number of aryl methyl sites for hydroxylation is 1. The molecule has 0 aliphatic carbocycles. The van der Waals surface area contributed by atoms with E-state index in [1.165, 1.54) is 11.3 Å². The van der Waals surface area contributed by atoms with E-state index in [-0.39, 0.29) is 5.91 Å². The minimum absolute atomic E-state index is 0.339. The number of ether oxygens (including phenoxy) is 2. The standard InChI is InChI=1S/C24H24N4O3S/c1-15(2)14-31-21-10-7-18(11-19(21)12-25)24-27-16(3)22(32-24)23(29)28-26-13-17-5-8-20(30-4)9-6-17/h5-11,13,15H,14H2,1-4H3,(H,28,29)/b26-13+. The molecule has 0 radical (unpaired) electrons. The minimum Gasteiger partial charge on any atom is -0.497 e. The first-order valence-corrected chi connectivity index (χ1v) is 10.8. The van der Waals surface area contributed by atoms with E-state index in [0.29, 0.717) is 39.4 Å². The maximum atomic E-state index is 12.6. The van der Waals surface area contributed by atoms with Crippen LogP contribution in [0.5, 0.6) is 11.5 Å². The van der Waals surface area contributed by atoms with Gasteiger partial charge < -0.3 is 9.47 Å². The van der Waals surface area contributed by atoms with Gasteiger partial charge in [-0.15, -0.1) is 11.3 Å². The number of hydrogen-bond donors (Lipinski definition) is 1. The Labute approximate surface area is 191 Å². The molecule has 1 N–H and O–H groups in total. The number of hydrogen-bond acceptors (Lipinski definition) is 7. The Balaban J connectivity index is 1.72. The summed E-state index contributed by atoms with van der Waals surface area (Å²) in [5, 5.41) is 14.2. The van der Waals surface area contributed by atoms with Crippen LogP contribution in [-0.4, -0.2) is 30.8 Å². The number of amides is 1. The van der Waals surface area contributed by atoms with Gasteiger partial charge in [-0.1, -0.05) is 13.8 Å². The number of hydrazone groups is 1. The highest BCUT2D eigenvalue weighted by Crippen LogP contribution is 2.31. The van der Waals surface area contributed by atoms with E-state index in [4.69, 9.17) is 9.47 Å². The molecular formula is C24H24N4O3S. The van der Waals surface area contributed by atoms with Crippen LogP contribution in [0.4, 0.5) is 0 Å². The van der Waals surface area contributed by atoms with Crippen LogP contribution in [0, 0.1) is 24.2 Å². The third-order valence-electron chi connectivity index (χ3n) is 4.42. The number of nitrogens with one attached hydrogen (secondary N) is 1. The lowest BCUT2D eigenvalue weighted by Crippen LogP contribution is -2.17. The Morgan fingerprint density at radius 1 is 1.28 bits per heavy atom.